The van der Waals surface area contributed by atoms with E-state index in [1.54, 1.807) is 23.7 Å². The molecule has 2 heterocycles. The number of aromatic nitrogens is 3. The molecule has 6 heteroatoms. The minimum Gasteiger partial charge on any atom is -0.473 e. The highest BCUT2D eigenvalue weighted by atomic mass is 32.1. The number of rotatable bonds is 4. The third-order valence-electron chi connectivity index (χ3n) is 3.83. The second-order valence-electron chi connectivity index (χ2n) is 5.49. The van der Waals surface area contributed by atoms with Crippen LogP contribution in [0.15, 0.2) is 36.7 Å². The molecule has 1 aromatic carbocycles. The number of nitrogens with zero attached hydrogens (tertiary/aromatic N) is 3. The number of hydrogen-bond donors (Lipinski definition) is 1. The first-order valence-electron chi connectivity index (χ1n) is 7.34. The van der Waals surface area contributed by atoms with Crippen molar-refractivity contribution in [1.82, 2.24) is 15.0 Å². The number of benzene rings is 1. The van der Waals surface area contributed by atoms with E-state index in [0.29, 0.717) is 11.9 Å². The first-order chi connectivity index (χ1) is 10.8. The van der Waals surface area contributed by atoms with Gasteiger partial charge in [0.15, 0.2) is 5.13 Å². The quantitative estimate of drug-likeness (QED) is 0.800. The summed E-state index contributed by atoms with van der Waals surface area (Å²) < 4.78 is 7.09. The zero-order chi connectivity index (χ0) is 14.9. The van der Waals surface area contributed by atoms with E-state index in [1.807, 2.05) is 25.1 Å². The predicted molar refractivity (Wildman–Crippen MR) is 87.4 cm³/mol. The normalized spacial score (nSPS) is 20.6. The molecule has 1 saturated carbocycles. The van der Waals surface area contributed by atoms with E-state index >= 15 is 0 Å². The zero-order valence-corrected chi connectivity index (χ0v) is 13.0. The molecule has 0 aliphatic heterocycles. The van der Waals surface area contributed by atoms with Crippen LogP contribution in [-0.4, -0.2) is 27.1 Å². The number of nitrogens with one attached hydrogen (secondary N) is 1. The van der Waals surface area contributed by atoms with Gasteiger partial charge in [-0.05, 0) is 19.1 Å². The Morgan fingerprint density at radius 1 is 1.18 bits per heavy atom. The van der Waals surface area contributed by atoms with Crippen LogP contribution in [0.4, 0.5) is 5.13 Å². The minimum absolute atomic E-state index is 0.210. The SMILES string of the molecule is Cc1nccnc1O[C@H]1C[C@@H](Nc2nc3ccccc3s2)C1. The summed E-state index contributed by atoms with van der Waals surface area (Å²) in [5.41, 5.74) is 1.89. The maximum atomic E-state index is 5.88. The summed E-state index contributed by atoms with van der Waals surface area (Å²) in [7, 11) is 0. The number of fused-ring (bicyclic) bond motifs is 1. The Morgan fingerprint density at radius 3 is 2.82 bits per heavy atom. The van der Waals surface area contributed by atoms with Gasteiger partial charge in [0.1, 0.15) is 6.10 Å². The van der Waals surface area contributed by atoms with E-state index in [9.17, 15) is 0 Å². The van der Waals surface area contributed by atoms with E-state index in [0.717, 1.165) is 29.2 Å². The van der Waals surface area contributed by atoms with Crippen LogP contribution < -0.4 is 10.1 Å². The Kier molecular flexibility index (Phi) is 3.38. The number of para-hydroxylation sites is 1. The van der Waals surface area contributed by atoms with Crippen molar-refractivity contribution >= 4 is 26.7 Å². The van der Waals surface area contributed by atoms with Crippen LogP contribution >= 0.6 is 11.3 Å². The lowest BCUT2D eigenvalue weighted by molar-refractivity contribution is 0.101. The highest BCUT2D eigenvalue weighted by molar-refractivity contribution is 7.22. The van der Waals surface area contributed by atoms with Gasteiger partial charge in [-0.3, -0.25) is 4.98 Å². The molecule has 0 atom stereocenters. The molecule has 0 unspecified atom stereocenters. The highest BCUT2D eigenvalue weighted by Crippen LogP contribution is 2.31. The lowest BCUT2D eigenvalue weighted by Gasteiger charge is -2.35. The highest BCUT2D eigenvalue weighted by Gasteiger charge is 2.32. The number of ether oxygens (including phenoxy) is 1. The van der Waals surface area contributed by atoms with Gasteiger partial charge in [0, 0.05) is 31.3 Å². The van der Waals surface area contributed by atoms with E-state index in [1.165, 1.54) is 4.70 Å². The summed E-state index contributed by atoms with van der Waals surface area (Å²) in [5, 5.41) is 4.48. The molecule has 2 aromatic heterocycles. The molecule has 0 saturated heterocycles. The summed E-state index contributed by atoms with van der Waals surface area (Å²) >= 11 is 1.70. The third kappa shape index (κ3) is 2.62. The standard InChI is InChI=1S/C16H16N4OS/c1-10-15(18-7-6-17-10)21-12-8-11(9-12)19-16-20-13-4-2-3-5-14(13)22-16/h2-7,11-12H,8-9H2,1H3,(H,19,20)/t11-,12+. The fourth-order valence-corrected chi connectivity index (χ4v) is 3.50. The Hall–Kier alpha value is -2.21. The fourth-order valence-electron chi connectivity index (χ4n) is 2.56. The van der Waals surface area contributed by atoms with Gasteiger partial charge >= 0.3 is 0 Å². The molecule has 1 N–H and O–H groups in total. The lowest BCUT2D eigenvalue weighted by atomic mass is 9.89. The summed E-state index contributed by atoms with van der Waals surface area (Å²) in [6.45, 7) is 1.91. The topological polar surface area (TPSA) is 59.9 Å². The largest absolute Gasteiger partial charge is 0.473 e. The van der Waals surface area contributed by atoms with Gasteiger partial charge in [-0.25, -0.2) is 9.97 Å². The van der Waals surface area contributed by atoms with Crippen molar-refractivity contribution in [3.63, 3.8) is 0 Å². The molecular weight excluding hydrogens is 296 g/mol. The van der Waals surface area contributed by atoms with Gasteiger partial charge in [-0.2, -0.15) is 0 Å². The Morgan fingerprint density at radius 2 is 2.00 bits per heavy atom. The molecule has 1 aliphatic carbocycles. The maximum absolute atomic E-state index is 5.88. The molecule has 3 aromatic rings. The van der Waals surface area contributed by atoms with E-state index < -0.39 is 0 Å². The van der Waals surface area contributed by atoms with Crippen LogP contribution in [0.1, 0.15) is 18.5 Å². The van der Waals surface area contributed by atoms with Crippen molar-refractivity contribution in [3.8, 4) is 5.88 Å². The number of aryl methyl sites for hydroxylation is 1. The van der Waals surface area contributed by atoms with Crippen LogP contribution in [0.2, 0.25) is 0 Å². The number of thiazole rings is 1. The van der Waals surface area contributed by atoms with Gasteiger partial charge < -0.3 is 10.1 Å². The van der Waals surface area contributed by atoms with Gasteiger partial charge in [0.25, 0.3) is 0 Å². The fraction of sp³-hybridized carbons (Fsp3) is 0.312. The van der Waals surface area contributed by atoms with Crippen LogP contribution in [0.5, 0.6) is 5.88 Å². The average molecular weight is 312 g/mol. The number of hydrogen-bond acceptors (Lipinski definition) is 6. The molecule has 5 nitrogen and oxygen atoms in total. The lowest BCUT2D eigenvalue weighted by Crippen LogP contribution is -2.42. The van der Waals surface area contributed by atoms with E-state index in [-0.39, 0.29) is 6.10 Å². The van der Waals surface area contributed by atoms with Gasteiger partial charge in [-0.1, -0.05) is 23.5 Å². The monoisotopic (exact) mass is 312 g/mol. The second kappa shape index (κ2) is 5.53. The van der Waals surface area contributed by atoms with E-state index in [4.69, 9.17) is 4.74 Å². The van der Waals surface area contributed by atoms with Crippen molar-refractivity contribution in [2.24, 2.45) is 0 Å². The van der Waals surface area contributed by atoms with Crippen molar-refractivity contribution in [2.75, 3.05) is 5.32 Å². The molecule has 0 spiro atoms. The molecule has 0 bridgehead atoms. The molecule has 1 aliphatic rings. The van der Waals surface area contributed by atoms with Crippen LogP contribution in [-0.2, 0) is 0 Å². The van der Waals surface area contributed by atoms with Crippen molar-refractivity contribution in [3.05, 3.63) is 42.4 Å². The molecule has 0 amide bonds. The summed E-state index contributed by atoms with van der Waals surface area (Å²) in [4.78, 5) is 13.0. The molecular formula is C16H16N4OS. The molecule has 0 radical (unpaired) electrons. The Balaban J connectivity index is 1.35. The van der Waals surface area contributed by atoms with Gasteiger partial charge in [0.05, 0.1) is 15.9 Å². The van der Waals surface area contributed by atoms with Gasteiger partial charge in [-0.15, -0.1) is 0 Å². The Bertz CT molecular complexity index is 764. The third-order valence-corrected chi connectivity index (χ3v) is 4.80. The maximum Gasteiger partial charge on any atom is 0.235 e. The molecule has 1 fully saturated rings. The first-order valence-corrected chi connectivity index (χ1v) is 8.16. The van der Waals surface area contributed by atoms with Crippen molar-refractivity contribution in [1.29, 1.82) is 0 Å². The van der Waals surface area contributed by atoms with Crippen molar-refractivity contribution < 1.29 is 4.74 Å². The zero-order valence-electron chi connectivity index (χ0n) is 12.2. The van der Waals surface area contributed by atoms with Gasteiger partial charge in [0.2, 0.25) is 5.88 Å². The molecule has 22 heavy (non-hydrogen) atoms. The average Bonchev–Trinajstić information content (AvgIpc) is 2.89. The van der Waals surface area contributed by atoms with Crippen LogP contribution in [0.25, 0.3) is 10.2 Å². The van der Waals surface area contributed by atoms with Crippen LogP contribution in [0, 0.1) is 6.92 Å². The smallest absolute Gasteiger partial charge is 0.235 e. The summed E-state index contributed by atoms with van der Waals surface area (Å²) in [6, 6.07) is 8.62. The summed E-state index contributed by atoms with van der Waals surface area (Å²) in [5.74, 6) is 0.644. The van der Waals surface area contributed by atoms with E-state index in [2.05, 4.69) is 26.3 Å². The summed E-state index contributed by atoms with van der Waals surface area (Å²) in [6.07, 6.45) is 5.48. The predicted octanol–water partition coefficient (Wildman–Crippen LogP) is 3.42. The van der Waals surface area contributed by atoms with Crippen LogP contribution in [0.3, 0.4) is 0 Å². The number of anilines is 1. The van der Waals surface area contributed by atoms with Crippen molar-refractivity contribution in [2.45, 2.75) is 31.9 Å². The first kappa shape index (κ1) is 13.5. The Labute approximate surface area is 132 Å². The molecule has 112 valence electrons. The molecule has 4 rings (SSSR count). The minimum atomic E-state index is 0.210. The second-order valence-corrected chi connectivity index (χ2v) is 6.52.